The maximum Gasteiger partial charge on any atom is 0.160 e. The molecule has 0 aliphatic heterocycles. The minimum atomic E-state index is -3.03. The van der Waals surface area contributed by atoms with E-state index in [-0.39, 0.29) is 5.75 Å². The van der Waals surface area contributed by atoms with Gasteiger partial charge < -0.3 is 0 Å². The van der Waals surface area contributed by atoms with Gasteiger partial charge in [-0.25, -0.2) is 8.42 Å². The Balaban J connectivity index is 2.97. The van der Waals surface area contributed by atoms with Crippen LogP contribution in [0.5, 0.6) is 0 Å². The first-order valence-electron chi connectivity index (χ1n) is 3.22. The average Bonchev–Trinajstić information content (AvgIpc) is 2.31. The standard InChI is InChI=1S/C7H8O3S2/c1-12(9,10)5-6-2-3-11-7(6)4-8/h2-4H,5H2,1H3. The zero-order valence-corrected chi connectivity index (χ0v) is 8.11. The van der Waals surface area contributed by atoms with Crippen molar-refractivity contribution in [3.8, 4) is 0 Å². The highest BCUT2D eigenvalue weighted by Gasteiger charge is 2.09. The van der Waals surface area contributed by atoms with Crippen LogP contribution in [0.4, 0.5) is 0 Å². The van der Waals surface area contributed by atoms with Crippen LogP contribution < -0.4 is 0 Å². The molecule has 5 heteroatoms. The molecule has 1 aromatic heterocycles. The molecule has 0 unspecified atom stereocenters. The Morgan fingerprint density at radius 2 is 2.25 bits per heavy atom. The van der Waals surface area contributed by atoms with Crippen LogP contribution in [0.3, 0.4) is 0 Å². The second kappa shape index (κ2) is 3.37. The van der Waals surface area contributed by atoms with E-state index < -0.39 is 9.84 Å². The van der Waals surface area contributed by atoms with Crippen LogP contribution in [0.25, 0.3) is 0 Å². The fraction of sp³-hybridized carbons (Fsp3) is 0.286. The minimum Gasteiger partial charge on any atom is -0.297 e. The lowest BCUT2D eigenvalue weighted by Crippen LogP contribution is -2.01. The monoisotopic (exact) mass is 204 g/mol. The molecule has 0 amide bonds. The fourth-order valence-corrected chi connectivity index (χ4v) is 2.49. The molecule has 0 radical (unpaired) electrons. The summed E-state index contributed by atoms with van der Waals surface area (Å²) in [6.07, 6.45) is 1.84. The van der Waals surface area contributed by atoms with Gasteiger partial charge in [-0.05, 0) is 17.0 Å². The molecule has 0 aliphatic rings. The Kier molecular flexibility index (Phi) is 2.64. The molecule has 0 fully saturated rings. The van der Waals surface area contributed by atoms with Gasteiger partial charge in [-0.15, -0.1) is 11.3 Å². The maximum absolute atomic E-state index is 10.9. The summed E-state index contributed by atoms with van der Waals surface area (Å²) < 4.78 is 21.7. The molecular weight excluding hydrogens is 196 g/mol. The summed E-state index contributed by atoms with van der Waals surface area (Å²) in [5.41, 5.74) is 0.595. The first-order chi connectivity index (χ1) is 5.53. The highest BCUT2D eigenvalue weighted by molar-refractivity contribution is 7.89. The van der Waals surface area contributed by atoms with Gasteiger partial charge in [0, 0.05) is 6.26 Å². The van der Waals surface area contributed by atoms with E-state index in [1.165, 1.54) is 11.3 Å². The third kappa shape index (κ3) is 2.42. The van der Waals surface area contributed by atoms with Crippen molar-refractivity contribution in [2.24, 2.45) is 0 Å². The summed E-state index contributed by atoms with van der Waals surface area (Å²) in [5.74, 6) is -0.0510. The molecular formula is C7H8O3S2. The number of thiophene rings is 1. The van der Waals surface area contributed by atoms with E-state index in [0.29, 0.717) is 16.7 Å². The smallest absolute Gasteiger partial charge is 0.160 e. The van der Waals surface area contributed by atoms with Gasteiger partial charge in [0.15, 0.2) is 16.1 Å². The molecule has 0 saturated heterocycles. The number of carbonyl (C=O) groups excluding carboxylic acids is 1. The number of hydrogen-bond acceptors (Lipinski definition) is 4. The van der Waals surface area contributed by atoms with Crippen molar-refractivity contribution >= 4 is 27.5 Å². The van der Waals surface area contributed by atoms with Gasteiger partial charge in [-0.2, -0.15) is 0 Å². The summed E-state index contributed by atoms with van der Waals surface area (Å²) in [5, 5.41) is 1.71. The highest BCUT2D eigenvalue weighted by Crippen LogP contribution is 2.16. The van der Waals surface area contributed by atoms with Crippen LogP contribution in [0.1, 0.15) is 15.2 Å². The molecule has 66 valence electrons. The summed E-state index contributed by atoms with van der Waals surface area (Å²) >= 11 is 1.26. The predicted molar refractivity (Wildman–Crippen MR) is 48.3 cm³/mol. The third-order valence-corrected chi connectivity index (χ3v) is 3.03. The molecule has 12 heavy (non-hydrogen) atoms. The van der Waals surface area contributed by atoms with Crippen molar-refractivity contribution in [3.05, 3.63) is 21.9 Å². The Morgan fingerprint density at radius 3 is 2.75 bits per heavy atom. The zero-order valence-electron chi connectivity index (χ0n) is 6.48. The maximum atomic E-state index is 10.9. The van der Waals surface area contributed by atoms with Crippen molar-refractivity contribution < 1.29 is 13.2 Å². The normalized spacial score (nSPS) is 11.4. The first kappa shape index (κ1) is 9.41. The van der Waals surface area contributed by atoms with Gasteiger partial charge in [0.1, 0.15) is 0 Å². The summed E-state index contributed by atoms with van der Waals surface area (Å²) in [7, 11) is -3.03. The molecule has 0 N–H and O–H groups in total. The van der Waals surface area contributed by atoms with Crippen molar-refractivity contribution in [3.63, 3.8) is 0 Å². The van der Waals surface area contributed by atoms with Gasteiger partial charge in [-0.1, -0.05) is 0 Å². The van der Waals surface area contributed by atoms with Crippen LogP contribution >= 0.6 is 11.3 Å². The largest absolute Gasteiger partial charge is 0.297 e. The molecule has 0 atom stereocenters. The zero-order chi connectivity index (χ0) is 9.19. The van der Waals surface area contributed by atoms with Gasteiger partial charge >= 0.3 is 0 Å². The van der Waals surface area contributed by atoms with E-state index in [0.717, 1.165) is 6.26 Å². The van der Waals surface area contributed by atoms with Gasteiger partial charge in [0.05, 0.1) is 10.6 Å². The highest BCUT2D eigenvalue weighted by atomic mass is 32.2. The van der Waals surface area contributed by atoms with Gasteiger partial charge in [0.2, 0.25) is 0 Å². The molecule has 1 heterocycles. The Bertz CT molecular complexity index is 375. The second-order valence-electron chi connectivity index (χ2n) is 2.50. The molecule has 0 spiro atoms. The first-order valence-corrected chi connectivity index (χ1v) is 6.16. The third-order valence-electron chi connectivity index (χ3n) is 1.31. The number of aldehydes is 1. The van der Waals surface area contributed by atoms with Crippen molar-refractivity contribution in [2.75, 3.05) is 6.26 Å². The predicted octanol–water partition coefficient (Wildman–Crippen LogP) is 1.11. The summed E-state index contributed by atoms with van der Waals surface area (Å²) in [4.78, 5) is 10.9. The van der Waals surface area contributed by atoms with Crippen LogP contribution in [0, 0.1) is 0 Å². The van der Waals surface area contributed by atoms with Gasteiger partial charge in [0.25, 0.3) is 0 Å². The number of rotatable bonds is 3. The quantitative estimate of drug-likeness (QED) is 0.693. The Hall–Kier alpha value is -0.680. The molecule has 0 saturated carbocycles. The number of sulfone groups is 1. The van der Waals surface area contributed by atoms with Crippen LogP contribution in [-0.2, 0) is 15.6 Å². The van der Waals surface area contributed by atoms with E-state index >= 15 is 0 Å². The van der Waals surface area contributed by atoms with E-state index in [1.807, 2.05) is 0 Å². The molecule has 0 aromatic carbocycles. The number of hydrogen-bond donors (Lipinski definition) is 0. The van der Waals surface area contributed by atoms with Crippen molar-refractivity contribution in [1.82, 2.24) is 0 Å². The topological polar surface area (TPSA) is 51.2 Å². The average molecular weight is 204 g/mol. The molecule has 3 nitrogen and oxygen atoms in total. The van der Waals surface area contributed by atoms with Crippen LogP contribution in [-0.4, -0.2) is 21.0 Å². The lowest BCUT2D eigenvalue weighted by atomic mass is 10.3. The Morgan fingerprint density at radius 1 is 1.58 bits per heavy atom. The summed E-state index contributed by atoms with van der Waals surface area (Å²) in [6, 6.07) is 1.66. The SMILES string of the molecule is CS(=O)(=O)Cc1ccsc1C=O. The van der Waals surface area contributed by atoms with E-state index in [9.17, 15) is 13.2 Å². The van der Waals surface area contributed by atoms with Crippen molar-refractivity contribution in [2.45, 2.75) is 5.75 Å². The lowest BCUT2D eigenvalue weighted by molar-refractivity contribution is 0.112. The molecule has 0 aliphatic carbocycles. The molecule has 1 aromatic rings. The Labute approximate surface area is 75.0 Å². The second-order valence-corrected chi connectivity index (χ2v) is 5.59. The van der Waals surface area contributed by atoms with Crippen LogP contribution in [0.2, 0.25) is 0 Å². The lowest BCUT2D eigenvalue weighted by Gasteiger charge is -1.94. The minimum absolute atomic E-state index is 0.0510. The van der Waals surface area contributed by atoms with Crippen LogP contribution in [0.15, 0.2) is 11.4 Å². The van der Waals surface area contributed by atoms with Crippen molar-refractivity contribution in [1.29, 1.82) is 0 Å². The number of carbonyl (C=O) groups is 1. The summed E-state index contributed by atoms with van der Waals surface area (Å²) in [6.45, 7) is 0. The van der Waals surface area contributed by atoms with Gasteiger partial charge in [-0.3, -0.25) is 4.79 Å². The van der Waals surface area contributed by atoms with E-state index in [1.54, 1.807) is 11.4 Å². The van der Waals surface area contributed by atoms with E-state index in [4.69, 9.17) is 0 Å². The fourth-order valence-electron chi connectivity index (χ4n) is 0.852. The molecule has 1 rings (SSSR count). The van der Waals surface area contributed by atoms with E-state index in [2.05, 4.69) is 0 Å². The molecule has 0 bridgehead atoms.